The van der Waals surface area contributed by atoms with Crippen molar-refractivity contribution in [1.82, 2.24) is 29.8 Å². The molecule has 4 N–H and O–H groups in total. The van der Waals surface area contributed by atoms with Crippen LogP contribution in [0.4, 0.5) is 17.2 Å². The summed E-state index contributed by atoms with van der Waals surface area (Å²) in [5.41, 5.74) is 7.27. The van der Waals surface area contributed by atoms with E-state index in [-0.39, 0.29) is 37.0 Å². The van der Waals surface area contributed by atoms with E-state index in [0.29, 0.717) is 12.1 Å². The Morgan fingerprint density at radius 3 is 2.53 bits per heavy atom. The number of benzene rings is 2. The SMILES string of the molecule is CCCCN(C(=O)CNc1ccc(-n2cnnn2)cc1)c1c(N)n(Cc2ccccc2)c(=O)[nH]c1=O. The van der Waals surface area contributed by atoms with Gasteiger partial charge in [0.15, 0.2) is 5.69 Å². The predicted molar refractivity (Wildman–Crippen MR) is 136 cm³/mol. The number of hydrogen-bond acceptors (Lipinski definition) is 8. The lowest BCUT2D eigenvalue weighted by molar-refractivity contribution is -0.117. The number of H-pyrrole nitrogens is 1. The molecule has 12 heteroatoms. The number of aromatic amines is 1. The Bertz CT molecular complexity index is 1410. The summed E-state index contributed by atoms with van der Waals surface area (Å²) in [7, 11) is 0. The number of amides is 1. The molecule has 0 aliphatic heterocycles. The molecule has 4 rings (SSSR count). The van der Waals surface area contributed by atoms with Crippen LogP contribution in [0.3, 0.4) is 0 Å². The summed E-state index contributed by atoms with van der Waals surface area (Å²) in [5.74, 6) is -0.405. The maximum Gasteiger partial charge on any atom is 0.330 e. The number of carbonyl (C=O) groups excluding carboxylic acids is 1. The molecule has 0 aliphatic rings. The van der Waals surface area contributed by atoms with Crippen molar-refractivity contribution in [2.45, 2.75) is 26.3 Å². The fourth-order valence-electron chi connectivity index (χ4n) is 3.72. The van der Waals surface area contributed by atoms with Gasteiger partial charge in [0.2, 0.25) is 5.91 Å². The van der Waals surface area contributed by atoms with Gasteiger partial charge in [-0.2, -0.15) is 0 Å². The van der Waals surface area contributed by atoms with Gasteiger partial charge >= 0.3 is 5.69 Å². The molecule has 2 aromatic carbocycles. The third-order valence-electron chi connectivity index (χ3n) is 5.63. The number of nitrogens with one attached hydrogen (secondary N) is 2. The highest BCUT2D eigenvalue weighted by Gasteiger charge is 2.24. The number of nitrogens with zero attached hydrogens (tertiary/aromatic N) is 6. The minimum atomic E-state index is -0.697. The Labute approximate surface area is 206 Å². The van der Waals surface area contributed by atoms with Gasteiger partial charge in [0.05, 0.1) is 18.8 Å². The van der Waals surface area contributed by atoms with Crippen LogP contribution in [0.5, 0.6) is 0 Å². The minimum absolute atomic E-state index is 0.0280. The molecular weight excluding hydrogens is 462 g/mol. The molecule has 1 amide bonds. The molecule has 0 saturated carbocycles. The summed E-state index contributed by atoms with van der Waals surface area (Å²) >= 11 is 0. The smallest absolute Gasteiger partial charge is 0.330 e. The number of hydrogen-bond donors (Lipinski definition) is 3. The van der Waals surface area contributed by atoms with Gasteiger partial charge in [0, 0.05) is 12.2 Å². The van der Waals surface area contributed by atoms with Gasteiger partial charge in [-0.25, -0.2) is 9.48 Å². The normalized spacial score (nSPS) is 10.8. The zero-order valence-electron chi connectivity index (χ0n) is 19.8. The molecule has 0 fully saturated rings. The van der Waals surface area contributed by atoms with Crippen molar-refractivity contribution in [3.05, 3.63) is 87.3 Å². The zero-order chi connectivity index (χ0) is 25.5. The molecule has 0 radical (unpaired) electrons. The number of unbranched alkanes of at least 4 members (excludes halogenated alkanes) is 1. The highest BCUT2D eigenvalue weighted by atomic mass is 16.2. The number of tetrazole rings is 1. The molecule has 0 atom stereocenters. The standard InChI is InChI=1S/C24H27N9O3/c1-2-3-13-31(20(34)14-26-18-9-11-19(12-10-18)33-16-27-29-30-33)21-22(25)32(24(36)28-23(21)35)15-17-7-5-4-6-8-17/h4-12,16,26H,2-3,13-15,25H2,1H3,(H,28,35,36). The van der Waals surface area contributed by atoms with E-state index in [1.807, 2.05) is 37.3 Å². The summed E-state index contributed by atoms with van der Waals surface area (Å²) < 4.78 is 2.78. The van der Waals surface area contributed by atoms with Crippen LogP contribution in [0, 0.1) is 0 Å². The number of nitrogens with two attached hydrogens (primary N) is 1. The molecular formula is C24H27N9O3. The van der Waals surface area contributed by atoms with E-state index in [9.17, 15) is 14.4 Å². The number of carbonyl (C=O) groups is 1. The fourth-order valence-corrected chi connectivity index (χ4v) is 3.72. The van der Waals surface area contributed by atoms with E-state index in [4.69, 9.17) is 5.73 Å². The first kappa shape index (κ1) is 24.4. The van der Waals surface area contributed by atoms with E-state index in [0.717, 1.165) is 17.7 Å². The quantitative estimate of drug-likeness (QED) is 0.302. The first-order valence-corrected chi connectivity index (χ1v) is 11.5. The Balaban J connectivity index is 1.57. The van der Waals surface area contributed by atoms with Gasteiger partial charge < -0.3 is 16.0 Å². The molecule has 0 spiro atoms. The summed E-state index contributed by atoms with van der Waals surface area (Å²) in [5, 5.41) is 14.1. The van der Waals surface area contributed by atoms with Crippen LogP contribution >= 0.6 is 0 Å². The fraction of sp³-hybridized carbons (Fsp3) is 0.250. The monoisotopic (exact) mass is 489 g/mol. The maximum absolute atomic E-state index is 13.3. The Morgan fingerprint density at radius 2 is 1.86 bits per heavy atom. The second kappa shape index (κ2) is 11.1. The highest BCUT2D eigenvalue weighted by molar-refractivity contribution is 5.98. The van der Waals surface area contributed by atoms with Gasteiger partial charge in [0.25, 0.3) is 5.56 Å². The summed E-state index contributed by atoms with van der Waals surface area (Å²) in [6.07, 6.45) is 2.94. The summed E-state index contributed by atoms with van der Waals surface area (Å²) in [6.45, 7) is 2.35. The third kappa shape index (κ3) is 5.49. The van der Waals surface area contributed by atoms with E-state index >= 15 is 0 Å². The van der Waals surface area contributed by atoms with Crippen molar-refractivity contribution in [2.24, 2.45) is 0 Å². The van der Waals surface area contributed by atoms with Crippen LogP contribution in [-0.2, 0) is 11.3 Å². The summed E-state index contributed by atoms with van der Waals surface area (Å²) in [4.78, 5) is 42.3. The minimum Gasteiger partial charge on any atom is -0.383 e. The second-order valence-electron chi connectivity index (χ2n) is 8.12. The Morgan fingerprint density at radius 1 is 1.11 bits per heavy atom. The third-order valence-corrected chi connectivity index (χ3v) is 5.63. The van der Waals surface area contributed by atoms with E-state index in [2.05, 4.69) is 25.8 Å². The Kier molecular flexibility index (Phi) is 7.54. The first-order chi connectivity index (χ1) is 17.5. The van der Waals surface area contributed by atoms with Crippen LogP contribution < -0.4 is 27.2 Å². The van der Waals surface area contributed by atoms with E-state index in [1.54, 1.807) is 24.3 Å². The predicted octanol–water partition coefficient (Wildman–Crippen LogP) is 1.39. The lowest BCUT2D eigenvalue weighted by Crippen LogP contribution is -2.43. The van der Waals surface area contributed by atoms with Crippen LogP contribution in [-0.4, -0.2) is 48.8 Å². The van der Waals surface area contributed by atoms with Gasteiger partial charge in [-0.05, 0) is 46.7 Å². The average Bonchev–Trinajstić information content (AvgIpc) is 3.43. The number of rotatable bonds is 10. The molecule has 0 unspecified atom stereocenters. The van der Waals surface area contributed by atoms with Crippen molar-refractivity contribution < 1.29 is 4.79 Å². The van der Waals surface area contributed by atoms with E-state index in [1.165, 1.54) is 20.5 Å². The highest BCUT2D eigenvalue weighted by Crippen LogP contribution is 2.19. The van der Waals surface area contributed by atoms with Crippen LogP contribution in [0.1, 0.15) is 25.3 Å². The van der Waals surface area contributed by atoms with E-state index < -0.39 is 11.2 Å². The lowest BCUT2D eigenvalue weighted by Gasteiger charge is -2.25. The molecule has 186 valence electrons. The topological polar surface area (TPSA) is 157 Å². The first-order valence-electron chi connectivity index (χ1n) is 11.5. The molecule has 36 heavy (non-hydrogen) atoms. The molecule has 0 aliphatic carbocycles. The number of anilines is 3. The maximum atomic E-state index is 13.3. The van der Waals surface area contributed by atoms with Crippen molar-refractivity contribution in [2.75, 3.05) is 29.0 Å². The molecule has 0 bridgehead atoms. The van der Waals surface area contributed by atoms with Crippen molar-refractivity contribution in [3.8, 4) is 5.69 Å². The number of nitrogen functional groups attached to an aromatic ring is 1. The molecule has 2 aromatic heterocycles. The summed E-state index contributed by atoms with van der Waals surface area (Å²) in [6, 6.07) is 16.5. The van der Waals surface area contributed by atoms with Crippen LogP contribution in [0.2, 0.25) is 0 Å². The second-order valence-corrected chi connectivity index (χ2v) is 8.12. The van der Waals surface area contributed by atoms with Crippen LogP contribution in [0.25, 0.3) is 5.69 Å². The van der Waals surface area contributed by atoms with Gasteiger partial charge in [0.1, 0.15) is 12.1 Å². The van der Waals surface area contributed by atoms with Gasteiger partial charge in [-0.15, -0.1) is 5.10 Å². The van der Waals surface area contributed by atoms with Gasteiger partial charge in [-0.1, -0.05) is 43.7 Å². The lowest BCUT2D eigenvalue weighted by atomic mass is 10.2. The molecule has 4 aromatic rings. The van der Waals surface area contributed by atoms with Crippen LogP contribution in [0.15, 0.2) is 70.5 Å². The Hall–Kier alpha value is -4.74. The number of aromatic nitrogens is 6. The molecule has 0 saturated heterocycles. The zero-order valence-corrected chi connectivity index (χ0v) is 19.8. The van der Waals surface area contributed by atoms with Crippen molar-refractivity contribution in [1.29, 1.82) is 0 Å². The molecule has 2 heterocycles. The van der Waals surface area contributed by atoms with Crippen molar-refractivity contribution >= 4 is 23.1 Å². The van der Waals surface area contributed by atoms with Gasteiger partial charge in [-0.3, -0.25) is 19.1 Å². The average molecular weight is 490 g/mol. The largest absolute Gasteiger partial charge is 0.383 e. The molecule has 12 nitrogen and oxygen atoms in total. The van der Waals surface area contributed by atoms with Crippen molar-refractivity contribution in [3.63, 3.8) is 0 Å².